The van der Waals surface area contributed by atoms with E-state index in [2.05, 4.69) is 29.7 Å². The molecule has 300 valence electrons. The highest BCUT2D eigenvalue weighted by atomic mass is 16.5. The maximum atomic E-state index is 6.87. The van der Waals surface area contributed by atoms with E-state index in [9.17, 15) is 0 Å². The molecule has 0 radical (unpaired) electrons. The van der Waals surface area contributed by atoms with E-state index in [0.29, 0.717) is 29.8 Å². The molecule has 12 aliphatic rings. The van der Waals surface area contributed by atoms with Crippen molar-refractivity contribution in [2.45, 2.75) is 241 Å². The zero-order valence-corrected chi connectivity index (χ0v) is 34.6. The number of hydrogen-bond donors (Lipinski definition) is 0. The lowest BCUT2D eigenvalue weighted by Crippen LogP contribution is -2.51. The summed E-state index contributed by atoms with van der Waals surface area (Å²) in [4.78, 5) is 6.56. The molecule has 4 heterocycles. The summed E-state index contributed by atoms with van der Waals surface area (Å²) in [7, 11) is 0. The molecule has 20 atom stereocenters. The number of rotatable bonds is 3. The lowest BCUT2D eigenvalue weighted by Gasteiger charge is -2.47. The molecule has 11 fully saturated rings. The summed E-state index contributed by atoms with van der Waals surface area (Å²) >= 11 is 0. The van der Waals surface area contributed by atoms with Crippen LogP contribution in [0.4, 0.5) is 0 Å². The van der Waals surface area contributed by atoms with Crippen LogP contribution in [0.3, 0.4) is 0 Å². The summed E-state index contributed by atoms with van der Waals surface area (Å²) in [5.74, 6) is 7.96. The van der Waals surface area contributed by atoms with Crippen molar-refractivity contribution in [3.63, 3.8) is 0 Å². The van der Waals surface area contributed by atoms with Crippen LogP contribution in [0, 0.1) is 58.7 Å². The van der Waals surface area contributed by atoms with Gasteiger partial charge in [0.2, 0.25) is 0 Å². The van der Waals surface area contributed by atoms with Crippen molar-refractivity contribution in [2.75, 3.05) is 0 Å². The Bertz CT molecular complexity index is 1430. The van der Waals surface area contributed by atoms with Crippen molar-refractivity contribution in [1.29, 1.82) is 0 Å². The lowest BCUT2D eigenvalue weighted by atomic mass is 9.59. The predicted molar refractivity (Wildman–Crippen MR) is 217 cm³/mol. The van der Waals surface area contributed by atoms with Gasteiger partial charge in [-0.3, -0.25) is 9.80 Å². The Morgan fingerprint density at radius 2 is 1.28 bits per heavy atom. The first-order valence-corrected chi connectivity index (χ1v) is 25.1. The Balaban J connectivity index is 0.773. The molecular formula is C50H78N2O2. The van der Waals surface area contributed by atoms with Gasteiger partial charge in [-0.05, 0) is 181 Å². The average Bonchev–Trinajstić information content (AvgIpc) is 3.93. The first-order chi connectivity index (χ1) is 26.5. The Morgan fingerprint density at radius 3 is 2.15 bits per heavy atom. The third-order valence-electron chi connectivity index (χ3n) is 20.8. The number of hydrogen-bond acceptors (Lipinski definition) is 4. The average molecular weight is 739 g/mol. The minimum atomic E-state index is 0.552. The van der Waals surface area contributed by atoms with Crippen molar-refractivity contribution in [3.05, 3.63) is 11.6 Å². The van der Waals surface area contributed by atoms with Crippen LogP contribution in [0.1, 0.15) is 181 Å². The van der Waals surface area contributed by atoms with E-state index in [-0.39, 0.29) is 0 Å². The van der Waals surface area contributed by atoms with Crippen LogP contribution >= 0.6 is 0 Å². The van der Waals surface area contributed by atoms with Crippen molar-refractivity contribution >= 4 is 0 Å². The minimum absolute atomic E-state index is 0.552. The fourth-order valence-corrected chi connectivity index (χ4v) is 18.6. The molecule has 4 nitrogen and oxygen atoms in total. The monoisotopic (exact) mass is 739 g/mol. The molecule has 12 rings (SSSR count). The molecule has 54 heavy (non-hydrogen) atoms. The SMILES string of the molecule is CC1CCC2C(C1)OC1CCC(N3C4CCC(C5C=C6C7CCCCC7N(C7CCC8OC9CCCCC9C8C7)C6CC5)CC4C4(C)CCCCC34)CC12. The third kappa shape index (κ3) is 5.52. The molecular weight excluding hydrogens is 661 g/mol. The summed E-state index contributed by atoms with van der Waals surface area (Å²) in [6, 6.07) is 5.02. The van der Waals surface area contributed by atoms with E-state index in [1.807, 2.05) is 5.57 Å². The van der Waals surface area contributed by atoms with Gasteiger partial charge in [0, 0.05) is 36.3 Å². The normalized spacial score (nSPS) is 57.1. The quantitative estimate of drug-likeness (QED) is 0.269. The van der Waals surface area contributed by atoms with E-state index in [1.165, 1.54) is 161 Å². The molecule has 0 spiro atoms. The summed E-state index contributed by atoms with van der Waals surface area (Å²) in [5, 5.41) is 0. The largest absolute Gasteiger partial charge is 0.374 e. The van der Waals surface area contributed by atoms with E-state index in [1.54, 1.807) is 6.42 Å². The highest BCUT2D eigenvalue weighted by Gasteiger charge is 2.62. The maximum absolute atomic E-state index is 6.87. The minimum Gasteiger partial charge on any atom is -0.374 e. The van der Waals surface area contributed by atoms with E-state index in [4.69, 9.17) is 9.47 Å². The van der Waals surface area contributed by atoms with Crippen LogP contribution in [0.2, 0.25) is 0 Å². The standard InChI is InChI=1S/C50H78N2O2/c1-30-14-19-37-40-29-34(18-23-47(40)54-48(37)25-30)52-44-21-16-32(27-41(44)50(2)24-8-7-13-49(50)52)31-15-20-43-38(26-31)35-9-3-5-11-42(35)51(43)33-17-22-46-39(28-33)36-10-4-6-12-45(36)53-46/h26,30-37,39-49H,3-25,27-29H2,1-2H3. The summed E-state index contributed by atoms with van der Waals surface area (Å²) in [6.07, 6.45) is 43.2. The van der Waals surface area contributed by atoms with Gasteiger partial charge in [0.25, 0.3) is 0 Å². The Kier molecular flexibility index (Phi) is 9.10. The fraction of sp³-hybridized carbons (Fsp3) is 0.960. The van der Waals surface area contributed by atoms with Gasteiger partial charge in [-0.2, -0.15) is 0 Å². The first kappa shape index (κ1) is 35.5. The number of fused-ring (bicyclic) bond motifs is 12. The van der Waals surface area contributed by atoms with Crippen LogP contribution in [-0.2, 0) is 9.47 Å². The Labute approximate surface area is 330 Å². The number of ether oxygens (including phenoxy) is 2. The van der Waals surface area contributed by atoms with Crippen LogP contribution in [-0.4, -0.2) is 70.5 Å². The Morgan fingerprint density at radius 1 is 0.556 bits per heavy atom. The maximum Gasteiger partial charge on any atom is 0.0613 e. The van der Waals surface area contributed by atoms with E-state index < -0.39 is 0 Å². The molecule has 0 amide bonds. The van der Waals surface area contributed by atoms with Crippen LogP contribution in [0.15, 0.2) is 11.6 Å². The molecule has 0 aromatic heterocycles. The molecule has 0 N–H and O–H groups in total. The summed E-state index contributed by atoms with van der Waals surface area (Å²) < 4.78 is 13.7. The molecule has 0 aromatic carbocycles. The summed E-state index contributed by atoms with van der Waals surface area (Å²) in [5.41, 5.74) is 2.54. The topological polar surface area (TPSA) is 24.9 Å². The second-order valence-corrected chi connectivity index (χ2v) is 23.0. The van der Waals surface area contributed by atoms with Crippen molar-refractivity contribution in [1.82, 2.24) is 9.80 Å². The van der Waals surface area contributed by atoms with Crippen LogP contribution < -0.4 is 0 Å². The van der Waals surface area contributed by atoms with E-state index >= 15 is 0 Å². The smallest absolute Gasteiger partial charge is 0.0613 e. The highest BCUT2D eigenvalue weighted by Crippen LogP contribution is 2.62. The van der Waals surface area contributed by atoms with E-state index in [0.717, 1.165) is 89.5 Å². The number of likely N-dealkylation sites (tertiary alicyclic amines) is 2. The lowest BCUT2D eigenvalue weighted by molar-refractivity contribution is -0.0233. The molecule has 0 bridgehead atoms. The van der Waals surface area contributed by atoms with Gasteiger partial charge in [0.15, 0.2) is 0 Å². The summed E-state index contributed by atoms with van der Waals surface area (Å²) in [6.45, 7) is 5.31. The molecule has 20 unspecified atom stereocenters. The van der Waals surface area contributed by atoms with Crippen LogP contribution in [0.5, 0.6) is 0 Å². The molecule has 4 heteroatoms. The predicted octanol–water partition coefficient (Wildman–Crippen LogP) is 11.1. The first-order valence-electron chi connectivity index (χ1n) is 25.1. The Hall–Kier alpha value is -0.420. The van der Waals surface area contributed by atoms with Gasteiger partial charge < -0.3 is 9.47 Å². The van der Waals surface area contributed by atoms with Gasteiger partial charge in [0.05, 0.1) is 24.4 Å². The zero-order valence-electron chi connectivity index (χ0n) is 34.6. The van der Waals surface area contributed by atoms with Gasteiger partial charge >= 0.3 is 0 Å². The zero-order chi connectivity index (χ0) is 35.7. The van der Waals surface area contributed by atoms with Crippen LogP contribution in [0.25, 0.3) is 0 Å². The second-order valence-electron chi connectivity index (χ2n) is 23.0. The van der Waals surface area contributed by atoms with Gasteiger partial charge in [-0.15, -0.1) is 0 Å². The van der Waals surface area contributed by atoms with Gasteiger partial charge in [-0.25, -0.2) is 0 Å². The molecule has 4 aliphatic heterocycles. The van der Waals surface area contributed by atoms with Crippen molar-refractivity contribution in [3.8, 4) is 0 Å². The highest BCUT2D eigenvalue weighted by molar-refractivity contribution is 5.29. The third-order valence-corrected chi connectivity index (χ3v) is 20.8. The number of allylic oxidation sites excluding steroid dienone is 1. The van der Waals surface area contributed by atoms with Gasteiger partial charge in [0.1, 0.15) is 0 Å². The molecule has 4 saturated heterocycles. The second kappa shape index (κ2) is 13.8. The number of nitrogens with zero attached hydrogens (tertiary/aromatic N) is 2. The van der Waals surface area contributed by atoms with Crippen molar-refractivity contribution in [2.24, 2.45) is 58.7 Å². The fourth-order valence-electron chi connectivity index (χ4n) is 18.6. The molecule has 0 aromatic rings. The molecule has 8 aliphatic carbocycles. The van der Waals surface area contributed by atoms with Gasteiger partial charge in [-0.1, -0.05) is 70.4 Å². The molecule has 7 saturated carbocycles. The van der Waals surface area contributed by atoms with Crippen molar-refractivity contribution < 1.29 is 9.47 Å².